The molecule has 0 aliphatic rings. The highest BCUT2D eigenvalue weighted by Crippen LogP contribution is 2.18. The third-order valence-corrected chi connectivity index (χ3v) is 15.9. The van der Waals surface area contributed by atoms with Crippen LogP contribution < -0.4 is 21.7 Å². The topological polar surface area (TPSA) is 203 Å². The molecule has 6 N–H and O–H groups in total. The van der Waals surface area contributed by atoms with Gasteiger partial charge in [-0.25, -0.2) is 0 Å². The lowest BCUT2D eigenvalue weighted by Crippen LogP contribution is -2.57. The van der Waals surface area contributed by atoms with Gasteiger partial charge in [-0.1, -0.05) is 252 Å². The van der Waals surface area contributed by atoms with E-state index in [0.29, 0.717) is 51.4 Å². The minimum absolute atomic E-state index is 0.0613. The van der Waals surface area contributed by atoms with Crippen LogP contribution in [0.2, 0.25) is 0 Å². The number of hydrogen-bond acceptors (Lipinski definition) is 11. The van der Waals surface area contributed by atoms with Gasteiger partial charge in [0.1, 0.15) is 31.1 Å². The van der Waals surface area contributed by atoms with E-state index in [1.54, 1.807) is 0 Å². The summed E-state index contributed by atoms with van der Waals surface area (Å²) in [6, 6.07) is -3.26. The van der Waals surface area contributed by atoms with Gasteiger partial charge in [0.2, 0.25) is 17.7 Å². The lowest BCUT2D eigenvalue weighted by atomic mass is 10.0. The van der Waals surface area contributed by atoms with E-state index >= 15 is 0 Å². The van der Waals surface area contributed by atoms with Gasteiger partial charge < -0.3 is 41.1 Å². The molecular formula is C63H120N4O9S. The summed E-state index contributed by atoms with van der Waals surface area (Å²) in [6.45, 7) is 6.35. The van der Waals surface area contributed by atoms with Crippen molar-refractivity contribution in [1.82, 2.24) is 16.0 Å². The Morgan fingerprint density at radius 1 is 0.455 bits per heavy atom. The second-order valence-electron chi connectivity index (χ2n) is 22.2. The molecule has 77 heavy (non-hydrogen) atoms. The van der Waals surface area contributed by atoms with Crippen LogP contribution >= 0.6 is 11.8 Å². The molecule has 0 aromatic carbocycles. The van der Waals surface area contributed by atoms with Crippen LogP contribution in [0.15, 0.2) is 0 Å². The zero-order chi connectivity index (χ0) is 56.5. The maximum atomic E-state index is 13.9. The van der Waals surface area contributed by atoms with Crippen LogP contribution in [0.3, 0.4) is 0 Å². The second-order valence-corrected chi connectivity index (χ2v) is 23.3. The van der Waals surface area contributed by atoms with Crippen molar-refractivity contribution >= 4 is 47.7 Å². The molecule has 0 saturated heterocycles. The smallest absolute Gasteiger partial charge is 0.306 e. The quantitative estimate of drug-likeness (QED) is 0.0220. The van der Waals surface area contributed by atoms with Crippen molar-refractivity contribution in [2.45, 2.75) is 334 Å². The number of rotatable bonds is 60. The summed E-state index contributed by atoms with van der Waals surface area (Å²) >= 11 is 1.27. The van der Waals surface area contributed by atoms with Crippen molar-refractivity contribution in [1.29, 1.82) is 0 Å². The van der Waals surface area contributed by atoms with E-state index < -0.39 is 42.7 Å². The van der Waals surface area contributed by atoms with Gasteiger partial charge in [-0.3, -0.25) is 24.0 Å². The first-order chi connectivity index (χ1) is 37.6. The predicted molar refractivity (Wildman–Crippen MR) is 321 cm³/mol. The number of carbonyl (C=O) groups excluding carboxylic acids is 6. The fourth-order valence-electron chi connectivity index (χ4n) is 9.70. The number of amides is 3. The van der Waals surface area contributed by atoms with Gasteiger partial charge in [0.05, 0.1) is 12.6 Å². The Bertz CT molecular complexity index is 1390. The van der Waals surface area contributed by atoms with Crippen LogP contribution in [0.25, 0.3) is 0 Å². The molecule has 0 aromatic heterocycles. The van der Waals surface area contributed by atoms with Crippen LogP contribution in [0.4, 0.5) is 0 Å². The van der Waals surface area contributed by atoms with Crippen LogP contribution in [-0.2, 0) is 38.2 Å². The van der Waals surface area contributed by atoms with Crippen molar-refractivity contribution in [3.8, 4) is 0 Å². The molecular weight excluding hydrogens is 989 g/mol. The van der Waals surface area contributed by atoms with Crippen LogP contribution in [0.5, 0.6) is 0 Å². The molecule has 3 amide bonds. The molecule has 0 fully saturated rings. The molecule has 14 heteroatoms. The van der Waals surface area contributed by atoms with Crippen molar-refractivity contribution < 1.29 is 43.3 Å². The first-order valence-electron chi connectivity index (χ1n) is 32.2. The molecule has 0 rings (SSSR count). The van der Waals surface area contributed by atoms with E-state index in [0.717, 1.165) is 57.8 Å². The number of nitrogens with two attached hydrogens (primary N) is 1. The molecule has 0 radical (unpaired) electrons. The Morgan fingerprint density at radius 2 is 0.831 bits per heavy atom. The maximum absolute atomic E-state index is 13.9. The van der Waals surface area contributed by atoms with Gasteiger partial charge >= 0.3 is 11.9 Å². The number of carbonyl (C=O) groups is 6. The van der Waals surface area contributed by atoms with E-state index in [4.69, 9.17) is 15.2 Å². The normalized spacial score (nSPS) is 12.9. The summed E-state index contributed by atoms with van der Waals surface area (Å²) in [5.74, 6) is -2.13. The number of ether oxygens (including phenoxy) is 2. The number of aliphatic hydroxyl groups excluding tert-OH is 1. The molecule has 1 unspecified atom stereocenters. The summed E-state index contributed by atoms with van der Waals surface area (Å²) < 4.78 is 11.6. The summed E-state index contributed by atoms with van der Waals surface area (Å²) in [7, 11) is 0. The molecule has 452 valence electrons. The molecule has 4 atom stereocenters. The van der Waals surface area contributed by atoms with Crippen molar-refractivity contribution in [2.75, 3.05) is 31.3 Å². The van der Waals surface area contributed by atoms with Gasteiger partial charge in [0.25, 0.3) is 0 Å². The first kappa shape index (κ1) is 74.3. The van der Waals surface area contributed by atoms with Crippen molar-refractivity contribution in [3.63, 3.8) is 0 Å². The average Bonchev–Trinajstić information content (AvgIpc) is 3.42. The molecule has 0 aromatic rings. The van der Waals surface area contributed by atoms with Crippen LogP contribution in [0, 0.1) is 0 Å². The highest BCUT2D eigenvalue weighted by atomic mass is 32.2. The Morgan fingerprint density at radius 3 is 1.22 bits per heavy atom. The number of aldehydes is 1. The highest BCUT2D eigenvalue weighted by Gasteiger charge is 2.28. The standard InChI is InChI=1S/C63H120N4O9S/c1-4-7-10-13-16-19-22-25-28-31-34-37-40-46-59(70)66-58(63(74)67-57(51-69)62(73)65-55(50-68)45-43-44-49-64)54-77-53-56(76-61(72)48-42-39-36-33-30-27-24-21-18-15-12-9-6-3)52-75-60(71)47-41-38-35-32-29-26-23-20-17-14-11-8-5-2/h50,55-58,69H,4-49,51-54,64H2,1-3H3,(H,65,73)(H,66,70)(H,67,74)/t55-,56?,57-,58-/m0/s1. The number of hydrogen-bond donors (Lipinski definition) is 5. The van der Waals surface area contributed by atoms with E-state index in [9.17, 15) is 33.9 Å². The number of esters is 2. The van der Waals surface area contributed by atoms with Crippen molar-refractivity contribution in [2.24, 2.45) is 5.73 Å². The second kappa shape index (κ2) is 58.0. The number of nitrogens with one attached hydrogen (secondary N) is 3. The summed E-state index contributed by atoms with van der Waals surface area (Å²) in [6.07, 6.45) is 48.9. The van der Waals surface area contributed by atoms with Gasteiger partial charge in [-0.15, -0.1) is 0 Å². The van der Waals surface area contributed by atoms with E-state index in [-0.39, 0.29) is 48.8 Å². The summed E-state index contributed by atoms with van der Waals surface area (Å²) in [5.41, 5.74) is 5.60. The minimum Gasteiger partial charge on any atom is -0.462 e. The lowest BCUT2D eigenvalue weighted by Gasteiger charge is -2.24. The Kier molecular flexibility index (Phi) is 55.9. The molecule has 0 bridgehead atoms. The number of aliphatic hydroxyl groups is 1. The monoisotopic (exact) mass is 1110 g/mol. The largest absolute Gasteiger partial charge is 0.462 e. The number of unbranched alkanes of at least 4 members (excludes halogenated alkanes) is 37. The summed E-state index contributed by atoms with van der Waals surface area (Å²) in [4.78, 5) is 78.4. The third-order valence-electron chi connectivity index (χ3n) is 14.7. The average molecular weight is 1110 g/mol. The highest BCUT2D eigenvalue weighted by molar-refractivity contribution is 7.99. The lowest BCUT2D eigenvalue weighted by molar-refractivity contribution is -0.157. The molecule has 13 nitrogen and oxygen atoms in total. The maximum Gasteiger partial charge on any atom is 0.306 e. The van der Waals surface area contributed by atoms with E-state index in [1.165, 1.54) is 192 Å². The van der Waals surface area contributed by atoms with Gasteiger partial charge in [0.15, 0.2) is 0 Å². The van der Waals surface area contributed by atoms with E-state index in [1.807, 2.05) is 0 Å². The SMILES string of the molecule is CCCCCCCCCCCCCCCC(=O)N[C@@H](CSCC(COC(=O)CCCCCCCCCCCCCCC)OC(=O)CCCCCCCCCCCCCCC)C(=O)N[C@@H](CO)C(=O)N[C@H](C=O)CCCCN. The van der Waals surface area contributed by atoms with Gasteiger partial charge in [0, 0.05) is 30.8 Å². The fraction of sp³-hybridized carbons (Fsp3) is 0.905. The Hall–Kier alpha value is -2.71. The predicted octanol–water partition coefficient (Wildman–Crippen LogP) is 14.4. The molecule has 0 spiro atoms. The van der Waals surface area contributed by atoms with Gasteiger partial charge in [-0.2, -0.15) is 11.8 Å². The zero-order valence-electron chi connectivity index (χ0n) is 49.9. The molecule has 0 heterocycles. The molecule has 0 aliphatic heterocycles. The first-order valence-corrected chi connectivity index (χ1v) is 33.4. The summed E-state index contributed by atoms with van der Waals surface area (Å²) in [5, 5.41) is 18.2. The van der Waals surface area contributed by atoms with Crippen LogP contribution in [0.1, 0.15) is 310 Å². The Balaban J connectivity index is 5.53. The van der Waals surface area contributed by atoms with Crippen LogP contribution in [-0.4, -0.2) is 96.5 Å². The van der Waals surface area contributed by atoms with E-state index in [2.05, 4.69) is 36.7 Å². The van der Waals surface area contributed by atoms with Gasteiger partial charge in [-0.05, 0) is 45.1 Å². The zero-order valence-corrected chi connectivity index (χ0v) is 50.8. The Labute approximate surface area is 475 Å². The minimum atomic E-state index is -1.36. The molecule has 0 saturated carbocycles. The van der Waals surface area contributed by atoms with Crippen molar-refractivity contribution in [3.05, 3.63) is 0 Å². The number of thioether (sulfide) groups is 1. The molecule has 0 aliphatic carbocycles. The fourth-order valence-corrected chi connectivity index (χ4v) is 10.7. The third kappa shape index (κ3) is 50.0.